The zero-order valence-electron chi connectivity index (χ0n) is 13.8. The molecule has 0 aromatic rings. The van der Waals surface area contributed by atoms with Gasteiger partial charge in [0.2, 0.25) is 5.91 Å². The lowest BCUT2D eigenvalue weighted by atomic mass is 9.99. The van der Waals surface area contributed by atoms with E-state index in [1.54, 1.807) is 0 Å². The normalized spacial score (nSPS) is 39.0. The summed E-state index contributed by atoms with van der Waals surface area (Å²) < 4.78 is 0. The van der Waals surface area contributed by atoms with E-state index < -0.39 is 0 Å². The molecule has 1 N–H and O–H groups in total. The van der Waals surface area contributed by atoms with Crippen LogP contribution in [0, 0.1) is 11.8 Å². The first-order valence-electron chi connectivity index (χ1n) is 9.29. The third kappa shape index (κ3) is 3.13. The second kappa shape index (κ2) is 6.68. The van der Waals surface area contributed by atoms with Crippen LogP contribution >= 0.6 is 0 Å². The largest absolute Gasteiger partial charge is 0.323 e. The van der Waals surface area contributed by atoms with Gasteiger partial charge < -0.3 is 4.90 Å². The Morgan fingerprint density at radius 2 is 1.81 bits per heavy atom. The van der Waals surface area contributed by atoms with E-state index in [1.807, 2.05) is 0 Å². The highest BCUT2D eigenvalue weighted by atomic mass is 16.2. The summed E-state index contributed by atoms with van der Waals surface area (Å²) in [6.07, 6.45) is 13.0. The Labute approximate surface area is 129 Å². The smallest absolute Gasteiger partial charge is 0.241 e. The predicted molar refractivity (Wildman–Crippen MR) is 85.8 cm³/mol. The Morgan fingerprint density at radius 1 is 1.05 bits per heavy atom. The van der Waals surface area contributed by atoms with Crippen molar-refractivity contribution in [3.05, 3.63) is 0 Å². The average molecular weight is 292 g/mol. The maximum Gasteiger partial charge on any atom is 0.241 e. The molecule has 0 aromatic heterocycles. The second-order valence-corrected chi connectivity index (χ2v) is 7.63. The van der Waals surface area contributed by atoms with Crippen molar-refractivity contribution in [3.8, 4) is 0 Å². The summed E-state index contributed by atoms with van der Waals surface area (Å²) in [6, 6.07) is 0.577. The third-order valence-electron chi connectivity index (χ3n) is 6.10. The molecule has 1 heterocycles. The number of nitrogens with zero attached hydrogens (tertiary/aromatic N) is 1. The van der Waals surface area contributed by atoms with Crippen LogP contribution in [0.5, 0.6) is 0 Å². The Hall–Kier alpha value is -0.570. The predicted octanol–water partition coefficient (Wildman–Crippen LogP) is 3.68. The molecule has 0 spiro atoms. The Morgan fingerprint density at radius 3 is 2.52 bits per heavy atom. The zero-order chi connectivity index (χ0) is 14.8. The van der Waals surface area contributed by atoms with Crippen LogP contribution in [0.3, 0.4) is 0 Å². The minimum atomic E-state index is 0.0799. The summed E-state index contributed by atoms with van der Waals surface area (Å²) in [6.45, 7) is 4.51. The van der Waals surface area contributed by atoms with Gasteiger partial charge in [-0.25, -0.2) is 0 Å². The van der Waals surface area contributed by atoms with Crippen LogP contribution in [0.4, 0.5) is 0 Å². The zero-order valence-corrected chi connectivity index (χ0v) is 13.8. The van der Waals surface area contributed by atoms with Crippen molar-refractivity contribution in [2.24, 2.45) is 11.8 Å². The Balaban J connectivity index is 1.76. The molecule has 0 aromatic carbocycles. The SMILES string of the molecule is CCC1NC(C2CCCC2)N(C2CCCC(C)CC2)C1=O. The van der Waals surface area contributed by atoms with Crippen LogP contribution in [0.25, 0.3) is 0 Å². The van der Waals surface area contributed by atoms with Crippen molar-refractivity contribution >= 4 is 5.91 Å². The van der Waals surface area contributed by atoms with Gasteiger partial charge >= 0.3 is 0 Å². The van der Waals surface area contributed by atoms with E-state index in [2.05, 4.69) is 24.1 Å². The lowest BCUT2D eigenvalue weighted by molar-refractivity contribution is -0.133. The molecule has 2 saturated carbocycles. The molecule has 3 rings (SSSR count). The van der Waals surface area contributed by atoms with Gasteiger partial charge in [-0.15, -0.1) is 0 Å². The van der Waals surface area contributed by atoms with Gasteiger partial charge in [0.1, 0.15) is 0 Å². The van der Waals surface area contributed by atoms with E-state index in [4.69, 9.17) is 0 Å². The van der Waals surface area contributed by atoms with Crippen molar-refractivity contribution in [2.45, 2.75) is 96.3 Å². The molecule has 0 radical (unpaired) electrons. The third-order valence-corrected chi connectivity index (χ3v) is 6.10. The molecule has 1 saturated heterocycles. The highest BCUT2D eigenvalue weighted by Crippen LogP contribution is 2.36. The van der Waals surface area contributed by atoms with Gasteiger partial charge in [0.05, 0.1) is 12.2 Å². The molecule has 3 aliphatic rings. The highest BCUT2D eigenvalue weighted by Gasteiger charge is 2.45. The lowest BCUT2D eigenvalue weighted by Crippen LogP contribution is -2.48. The van der Waals surface area contributed by atoms with Crippen molar-refractivity contribution in [2.75, 3.05) is 0 Å². The molecule has 1 amide bonds. The van der Waals surface area contributed by atoms with E-state index in [0.29, 0.717) is 24.0 Å². The quantitative estimate of drug-likeness (QED) is 0.805. The summed E-state index contributed by atoms with van der Waals surface area (Å²) in [4.78, 5) is 15.2. The first kappa shape index (κ1) is 15.3. The minimum Gasteiger partial charge on any atom is -0.323 e. The summed E-state index contributed by atoms with van der Waals surface area (Å²) in [5, 5.41) is 3.69. The van der Waals surface area contributed by atoms with Crippen LogP contribution < -0.4 is 5.32 Å². The van der Waals surface area contributed by atoms with Gasteiger partial charge in [-0.2, -0.15) is 0 Å². The summed E-state index contributed by atoms with van der Waals surface area (Å²) >= 11 is 0. The number of carbonyl (C=O) groups is 1. The van der Waals surface area contributed by atoms with Gasteiger partial charge in [-0.1, -0.05) is 39.5 Å². The molecule has 21 heavy (non-hydrogen) atoms. The van der Waals surface area contributed by atoms with Gasteiger partial charge in [-0.05, 0) is 50.4 Å². The fourth-order valence-electron chi connectivity index (χ4n) is 4.76. The fourth-order valence-corrected chi connectivity index (χ4v) is 4.76. The van der Waals surface area contributed by atoms with Gasteiger partial charge in [0, 0.05) is 6.04 Å². The first-order valence-corrected chi connectivity index (χ1v) is 9.29. The number of nitrogens with one attached hydrogen (secondary N) is 1. The van der Waals surface area contributed by atoms with Crippen molar-refractivity contribution in [3.63, 3.8) is 0 Å². The molecule has 3 nitrogen and oxygen atoms in total. The Bertz CT molecular complexity index is 364. The molecule has 1 aliphatic heterocycles. The standard InChI is InChI=1S/C18H32N2O/c1-3-16-18(21)20(15-10-6-7-13(2)11-12-15)17(19-16)14-8-4-5-9-14/h13-17,19H,3-12H2,1-2H3. The summed E-state index contributed by atoms with van der Waals surface area (Å²) in [7, 11) is 0. The monoisotopic (exact) mass is 292 g/mol. The fraction of sp³-hybridized carbons (Fsp3) is 0.944. The summed E-state index contributed by atoms with van der Waals surface area (Å²) in [5.74, 6) is 1.94. The minimum absolute atomic E-state index is 0.0799. The molecule has 3 heteroatoms. The number of hydrogen-bond donors (Lipinski definition) is 1. The Kier molecular flexibility index (Phi) is 4.88. The number of rotatable bonds is 3. The molecule has 120 valence electrons. The maximum absolute atomic E-state index is 12.9. The molecule has 2 aliphatic carbocycles. The van der Waals surface area contributed by atoms with E-state index in [9.17, 15) is 4.79 Å². The number of hydrogen-bond acceptors (Lipinski definition) is 2. The van der Waals surface area contributed by atoms with Gasteiger partial charge in [-0.3, -0.25) is 10.1 Å². The van der Waals surface area contributed by atoms with Crippen molar-refractivity contribution in [1.29, 1.82) is 0 Å². The van der Waals surface area contributed by atoms with Gasteiger partial charge in [0.25, 0.3) is 0 Å². The topological polar surface area (TPSA) is 32.3 Å². The van der Waals surface area contributed by atoms with Crippen LogP contribution in [0.2, 0.25) is 0 Å². The number of amides is 1. The maximum atomic E-state index is 12.9. The number of carbonyl (C=O) groups excluding carboxylic acids is 1. The van der Waals surface area contributed by atoms with Crippen LogP contribution in [0.15, 0.2) is 0 Å². The van der Waals surface area contributed by atoms with E-state index in [-0.39, 0.29) is 6.04 Å². The van der Waals surface area contributed by atoms with Crippen molar-refractivity contribution < 1.29 is 4.79 Å². The molecule has 0 bridgehead atoms. The highest BCUT2D eigenvalue weighted by molar-refractivity contribution is 5.84. The summed E-state index contributed by atoms with van der Waals surface area (Å²) in [5.41, 5.74) is 0. The molecular weight excluding hydrogens is 260 g/mol. The molecular formula is C18H32N2O. The van der Waals surface area contributed by atoms with E-state index in [1.165, 1.54) is 57.8 Å². The van der Waals surface area contributed by atoms with E-state index in [0.717, 1.165) is 12.3 Å². The average Bonchev–Trinajstić information content (AvgIpc) is 3.05. The lowest BCUT2D eigenvalue weighted by Gasteiger charge is -2.35. The van der Waals surface area contributed by atoms with Gasteiger partial charge in [0.15, 0.2) is 0 Å². The molecule has 4 unspecified atom stereocenters. The van der Waals surface area contributed by atoms with Crippen molar-refractivity contribution in [1.82, 2.24) is 10.2 Å². The van der Waals surface area contributed by atoms with Crippen LogP contribution in [-0.4, -0.2) is 29.1 Å². The van der Waals surface area contributed by atoms with Crippen LogP contribution in [-0.2, 0) is 4.79 Å². The molecule has 3 fully saturated rings. The van der Waals surface area contributed by atoms with E-state index >= 15 is 0 Å². The van der Waals surface area contributed by atoms with Crippen LogP contribution in [0.1, 0.15) is 78.1 Å². The molecule has 4 atom stereocenters. The first-order chi connectivity index (χ1) is 10.2. The second-order valence-electron chi connectivity index (χ2n) is 7.63.